The summed E-state index contributed by atoms with van der Waals surface area (Å²) in [6, 6.07) is 14.4. The number of aryl methyl sites for hydroxylation is 1. The smallest absolute Gasteiger partial charge is 0.0388 e. The Kier molecular flexibility index (Phi) is 4.29. The van der Waals surface area contributed by atoms with Crippen molar-refractivity contribution in [2.75, 3.05) is 0 Å². The molecule has 1 nitrogen and oxygen atoms in total. The van der Waals surface area contributed by atoms with Gasteiger partial charge in [-0.3, -0.25) is 0 Å². The second-order valence-corrected chi connectivity index (χ2v) is 7.99. The van der Waals surface area contributed by atoms with Gasteiger partial charge >= 0.3 is 0 Å². The summed E-state index contributed by atoms with van der Waals surface area (Å²) in [7, 11) is 0. The third kappa shape index (κ3) is 3.16. The van der Waals surface area contributed by atoms with Crippen LogP contribution in [0.2, 0.25) is 0 Å². The van der Waals surface area contributed by atoms with Crippen molar-refractivity contribution in [3.8, 4) is 0 Å². The van der Waals surface area contributed by atoms with Crippen LogP contribution in [-0.4, -0.2) is 6.04 Å². The van der Waals surface area contributed by atoms with Gasteiger partial charge in [-0.2, -0.15) is 0 Å². The maximum atomic E-state index is 3.76. The fourth-order valence-corrected chi connectivity index (χ4v) is 4.04. The van der Waals surface area contributed by atoms with E-state index in [1.54, 1.807) is 0 Å². The molecule has 0 amide bonds. The molecule has 20 heavy (non-hydrogen) atoms. The second-order valence-electron chi connectivity index (χ2n) is 5.75. The molecule has 0 aliphatic heterocycles. The quantitative estimate of drug-likeness (QED) is 0.777. The molecule has 1 aromatic carbocycles. The number of thiophene rings is 1. The molecule has 3 rings (SSSR count). The number of benzene rings is 1. The van der Waals surface area contributed by atoms with E-state index in [0.29, 0.717) is 12.1 Å². The Morgan fingerprint density at radius 1 is 1.15 bits per heavy atom. The van der Waals surface area contributed by atoms with Crippen LogP contribution in [0.15, 0.2) is 40.9 Å². The van der Waals surface area contributed by atoms with Gasteiger partial charge < -0.3 is 5.32 Å². The average Bonchev–Trinajstić information content (AvgIpc) is 2.81. The number of hydrogen-bond acceptors (Lipinski definition) is 2. The topological polar surface area (TPSA) is 12.0 Å². The third-order valence-electron chi connectivity index (χ3n) is 4.15. The number of hydrogen-bond donors (Lipinski definition) is 1. The second kappa shape index (κ2) is 6.00. The average molecular weight is 350 g/mol. The lowest BCUT2D eigenvalue weighted by Gasteiger charge is -2.38. The Labute approximate surface area is 133 Å². The molecule has 1 saturated carbocycles. The van der Waals surface area contributed by atoms with E-state index in [0.717, 1.165) is 10.4 Å². The van der Waals surface area contributed by atoms with E-state index in [4.69, 9.17) is 0 Å². The van der Waals surface area contributed by atoms with E-state index >= 15 is 0 Å². The van der Waals surface area contributed by atoms with Gasteiger partial charge in [0.25, 0.3) is 0 Å². The SMILES string of the molecule is Cc1ccc(C(C)NC2CC(c3ccc(Br)cc3)C2)s1. The minimum absolute atomic E-state index is 0.476. The largest absolute Gasteiger partial charge is 0.307 e. The predicted molar refractivity (Wildman–Crippen MR) is 90.5 cm³/mol. The summed E-state index contributed by atoms with van der Waals surface area (Å²) in [4.78, 5) is 2.85. The van der Waals surface area contributed by atoms with Gasteiger partial charge in [-0.25, -0.2) is 0 Å². The van der Waals surface area contributed by atoms with Crippen LogP contribution in [0.1, 0.15) is 47.0 Å². The third-order valence-corrected chi connectivity index (χ3v) is 5.87. The first kappa shape index (κ1) is 14.3. The van der Waals surface area contributed by atoms with Crippen LogP contribution in [-0.2, 0) is 0 Å². The van der Waals surface area contributed by atoms with E-state index in [9.17, 15) is 0 Å². The van der Waals surface area contributed by atoms with E-state index in [2.05, 4.69) is 71.5 Å². The van der Waals surface area contributed by atoms with Crippen molar-refractivity contribution in [2.24, 2.45) is 0 Å². The molecule has 0 radical (unpaired) electrons. The molecule has 106 valence electrons. The molecular formula is C17H20BrNS. The lowest BCUT2D eigenvalue weighted by atomic mass is 9.75. The molecule has 1 N–H and O–H groups in total. The summed E-state index contributed by atoms with van der Waals surface area (Å²) in [6.45, 7) is 4.45. The summed E-state index contributed by atoms with van der Waals surface area (Å²) in [5.74, 6) is 0.734. The normalized spacial score (nSPS) is 23.4. The zero-order chi connectivity index (χ0) is 14.1. The fourth-order valence-electron chi connectivity index (χ4n) is 2.88. The minimum atomic E-state index is 0.476. The highest BCUT2D eigenvalue weighted by molar-refractivity contribution is 9.10. The van der Waals surface area contributed by atoms with Gasteiger partial charge in [-0.15, -0.1) is 11.3 Å². The van der Waals surface area contributed by atoms with Crippen molar-refractivity contribution in [1.82, 2.24) is 5.32 Å². The summed E-state index contributed by atoms with van der Waals surface area (Å²) in [5.41, 5.74) is 1.48. The van der Waals surface area contributed by atoms with Crippen molar-refractivity contribution < 1.29 is 0 Å². The summed E-state index contributed by atoms with van der Waals surface area (Å²) >= 11 is 5.40. The molecule has 1 unspecified atom stereocenters. The monoisotopic (exact) mass is 349 g/mol. The maximum absolute atomic E-state index is 3.76. The van der Waals surface area contributed by atoms with Crippen LogP contribution in [0.3, 0.4) is 0 Å². The Balaban J connectivity index is 1.52. The molecule has 2 aromatic rings. The Hall–Kier alpha value is -0.640. The molecule has 0 saturated heterocycles. The van der Waals surface area contributed by atoms with E-state index in [1.165, 1.54) is 28.2 Å². The van der Waals surface area contributed by atoms with Crippen LogP contribution in [0.5, 0.6) is 0 Å². The van der Waals surface area contributed by atoms with Crippen LogP contribution >= 0.6 is 27.3 Å². The zero-order valence-electron chi connectivity index (χ0n) is 11.9. The number of rotatable bonds is 4. The molecule has 0 spiro atoms. The lowest BCUT2D eigenvalue weighted by molar-refractivity contribution is 0.272. The minimum Gasteiger partial charge on any atom is -0.307 e. The fraction of sp³-hybridized carbons (Fsp3) is 0.412. The van der Waals surface area contributed by atoms with Crippen LogP contribution in [0, 0.1) is 6.92 Å². The van der Waals surface area contributed by atoms with Gasteiger partial charge in [0.15, 0.2) is 0 Å². The standard InChI is InChI=1S/C17H20BrNS/c1-11-3-8-17(20-11)12(2)19-16-9-14(10-16)13-4-6-15(18)7-5-13/h3-8,12,14,16,19H,9-10H2,1-2H3. The molecular weight excluding hydrogens is 330 g/mol. The van der Waals surface area contributed by atoms with E-state index < -0.39 is 0 Å². The van der Waals surface area contributed by atoms with Gasteiger partial charge in [0, 0.05) is 26.3 Å². The molecule has 1 fully saturated rings. The summed E-state index contributed by atoms with van der Waals surface area (Å²) < 4.78 is 1.16. The van der Waals surface area contributed by atoms with Crippen LogP contribution in [0.25, 0.3) is 0 Å². The zero-order valence-corrected chi connectivity index (χ0v) is 14.3. The molecule has 1 aromatic heterocycles. The molecule has 1 heterocycles. The highest BCUT2D eigenvalue weighted by atomic mass is 79.9. The van der Waals surface area contributed by atoms with Gasteiger partial charge in [-0.05, 0) is 62.4 Å². The summed E-state index contributed by atoms with van der Waals surface area (Å²) in [6.07, 6.45) is 2.52. The van der Waals surface area contributed by atoms with Crippen LogP contribution < -0.4 is 5.32 Å². The number of halogens is 1. The first-order valence-electron chi connectivity index (χ1n) is 7.19. The van der Waals surface area contributed by atoms with Crippen molar-refractivity contribution in [2.45, 2.75) is 44.7 Å². The molecule has 1 atom stereocenters. The highest BCUT2D eigenvalue weighted by Gasteiger charge is 2.31. The molecule has 3 heteroatoms. The first-order chi connectivity index (χ1) is 9.61. The van der Waals surface area contributed by atoms with E-state index in [1.807, 2.05) is 11.3 Å². The van der Waals surface area contributed by atoms with Crippen molar-refractivity contribution >= 4 is 27.3 Å². The Morgan fingerprint density at radius 3 is 2.45 bits per heavy atom. The molecule has 1 aliphatic carbocycles. The Bertz CT molecular complexity index is 569. The lowest BCUT2D eigenvalue weighted by Crippen LogP contribution is -2.41. The van der Waals surface area contributed by atoms with Gasteiger partial charge in [0.05, 0.1) is 0 Å². The van der Waals surface area contributed by atoms with Crippen molar-refractivity contribution in [1.29, 1.82) is 0 Å². The maximum Gasteiger partial charge on any atom is 0.0388 e. The van der Waals surface area contributed by atoms with Gasteiger partial charge in [0.1, 0.15) is 0 Å². The highest BCUT2D eigenvalue weighted by Crippen LogP contribution is 2.38. The molecule has 0 bridgehead atoms. The van der Waals surface area contributed by atoms with Crippen LogP contribution in [0.4, 0.5) is 0 Å². The number of nitrogens with one attached hydrogen (secondary N) is 1. The Morgan fingerprint density at radius 2 is 1.85 bits per heavy atom. The van der Waals surface area contributed by atoms with Gasteiger partial charge in [-0.1, -0.05) is 28.1 Å². The summed E-state index contributed by atoms with van der Waals surface area (Å²) in [5, 5.41) is 3.76. The first-order valence-corrected chi connectivity index (χ1v) is 8.80. The van der Waals surface area contributed by atoms with Crippen molar-refractivity contribution in [3.63, 3.8) is 0 Å². The van der Waals surface area contributed by atoms with Crippen molar-refractivity contribution in [3.05, 3.63) is 56.2 Å². The predicted octanol–water partition coefficient (Wildman–Crippen LogP) is 5.42. The van der Waals surface area contributed by atoms with E-state index in [-0.39, 0.29) is 0 Å². The van der Waals surface area contributed by atoms with Gasteiger partial charge in [0.2, 0.25) is 0 Å². The molecule has 1 aliphatic rings.